The third-order valence-corrected chi connectivity index (χ3v) is 3.93. The summed E-state index contributed by atoms with van der Waals surface area (Å²) in [6.07, 6.45) is -4.40. The van der Waals surface area contributed by atoms with Gasteiger partial charge in [0.05, 0.1) is 18.2 Å². The SMILES string of the molecule is CCN(CC(=O)NC(C)c1cccc(C(F)(F)F)c1)c1ccccc1. The van der Waals surface area contributed by atoms with Gasteiger partial charge in [0.25, 0.3) is 0 Å². The number of rotatable bonds is 6. The molecule has 0 fully saturated rings. The van der Waals surface area contributed by atoms with E-state index in [-0.39, 0.29) is 12.5 Å². The van der Waals surface area contributed by atoms with Crippen LogP contribution in [0.4, 0.5) is 18.9 Å². The second kappa shape index (κ2) is 8.05. The quantitative estimate of drug-likeness (QED) is 0.837. The van der Waals surface area contributed by atoms with E-state index in [4.69, 9.17) is 0 Å². The van der Waals surface area contributed by atoms with Crippen LogP contribution in [0.2, 0.25) is 0 Å². The van der Waals surface area contributed by atoms with Gasteiger partial charge in [0.2, 0.25) is 5.91 Å². The van der Waals surface area contributed by atoms with E-state index in [0.717, 1.165) is 17.8 Å². The average Bonchev–Trinajstić information content (AvgIpc) is 2.59. The molecule has 134 valence electrons. The topological polar surface area (TPSA) is 32.3 Å². The molecule has 0 aliphatic heterocycles. The van der Waals surface area contributed by atoms with Crippen molar-refractivity contribution in [1.29, 1.82) is 0 Å². The van der Waals surface area contributed by atoms with Crippen LogP contribution in [0, 0.1) is 0 Å². The van der Waals surface area contributed by atoms with Crippen LogP contribution in [-0.2, 0) is 11.0 Å². The Balaban J connectivity index is 2.02. The van der Waals surface area contributed by atoms with Crippen molar-refractivity contribution in [2.45, 2.75) is 26.1 Å². The lowest BCUT2D eigenvalue weighted by molar-refractivity contribution is -0.137. The van der Waals surface area contributed by atoms with Gasteiger partial charge in [-0.3, -0.25) is 4.79 Å². The van der Waals surface area contributed by atoms with Crippen molar-refractivity contribution in [3.05, 3.63) is 65.7 Å². The molecule has 25 heavy (non-hydrogen) atoms. The summed E-state index contributed by atoms with van der Waals surface area (Å²) >= 11 is 0. The van der Waals surface area contributed by atoms with Crippen molar-refractivity contribution in [3.63, 3.8) is 0 Å². The van der Waals surface area contributed by atoms with E-state index >= 15 is 0 Å². The van der Waals surface area contributed by atoms with Gasteiger partial charge >= 0.3 is 6.18 Å². The molecule has 0 saturated carbocycles. The largest absolute Gasteiger partial charge is 0.416 e. The number of hydrogen-bond donors (Lipinski definition) is 1. The number of amides is 1. The third kappa shape index (κ3) is 5.24. The summed E-state index contributed by atoms with van der Waals surface area (Å²) in [5, 5.41) is 2.76. The van der Waals surface area contributed by atoms with Gasteiger partial charge in [-0.25, -0.2) is 0 Å². The Morgan fingerprint density at radius 1 is 1.12 bits per heavy atom. The van der Waals surface area contributed by atoms with Gasteiger partial charge in [-0.05, 0) is 43.7 Å². The molecule has 0 bridgehead atoms. The normalized spacial score (nSPS) is 12.5. The molecule has 1 atom stereocenters. The summed E-state index contributed by atoms with van der Waals surface area (Å²) < 4.78 is 38.4. The van der Waals surface area contributed by atoms with Crippen molar-refractivity contribution in [1.82, 2.24) is 5.32 Å². The molecule has 1 amide bonds. The summed E-state index contributed by atoms with van der Waals surface area (Å²) in [5.74, 6) is -0.240. The zero-order valence-electron chi connectivity index (χ0n) is 14.2. The lowest BCUT2D eigenvalue weighted by Crippen LogP contribution is -2.38. The summed E-state index contributed by atoms with van der Waals surface area (Å²) in [7, 11) is 0. The van der Waals surface area contributed by atoms with E-state index in [1.54, 1.807) is 13.0 Å². The van der Waals surface area contributed by atoms with E-state index in [1.165, 1.54) is 6.07 Å². The highest BCUT2D eigenvalue weighted by molar-refractivity contribution is 5.81. The second-order valence-electron chi connectivity index (χ2n) is 5.76. The lowest BCUT2D eigenvalue weighted by Gasteiger charge is -2.24. The molecule has 0 spiro atoms. The number of benzene rings is 2. The zero-order valence-corrected chi connectivity index (χ0v) is 14.2. The second-order valence-corrected chi connectivity index (χ2v) is 5.76. The Labute approximate surface area is 145 Å². The number of hydrogen-bond acceptors (Lipinski definition) is 2. The molecule has 0 aromatic heterocycles. The minimum absolute atomic E-state index is 0.143. The maximum Gasteiger partial charge on any atom is 0.416 e. The van der Waals surface area contributed by atoms with Crippen LogP contribution in [0.25, 0.3) is 0 Å². The van der Waals surface area contributed by atoms with Crippen LogP contribution >= 0.6 is 0 Å². The summed E-state index contributed by atoms with van der Waals surface area (Å²) in [4.78, 5) is 14.2. The first-order valence-electron chi connectivity index (χ1n) is 8.07. The predicted molar refractivity (Wildman–Crippen MR) is 92.3 cm³/mol. The first-order chi connectivity index (χ1) is 11.8. The fraction of sp³-hybridized carbons (Fsp3) is 0.316. The van der Waals surface area contributed by atoms with Crippen LogP contribution in [0.1, 0.15) is 31.0 Å². The first-order valence-corrected chi connectivity index (χ1v) is 8.07. The Morgan fingerprint density at radius 2 is 1.80 bits per heavy atom. The molecule has 2 aromatic carbocycles. The monoisotopic (exact) mass is 350 g/mol. The number of nitrogens with zero attached hydrogens (tertiary/aromatic N) is 1. The van der Waals surface area contributed by atoms with Crippen LogP contribution < -0.4 is 10.2 Å². The van der Waals surface area contributed by atoms with E-state index in [1.807, 2.05) is 42.2 Å². The fourth-order valence-electron chi connectivity index (χ4n) is 2.55. The molecule has 1 unspecified atom stereocenters. The minimum atomic E-state index is -4.40. The van der Waals surface area contributed by atoms with E-state index < -0.39 is 17.8 Å². The molecular formula is C19H21F3N2O. The number of likely N-dealkylation sites (N-methyl/N-ethyl adjacent to an activating group) is 1. The molecule has 1 N–H and O–H groups in total. The van der Waals surface area contributed by atoms with Crippen LogP contribution in [0.5, 0.6) is 0 Å². The number of halogens is 3. The van der Waals surface area contributed by atoms with Crippen molar-refractivity contribution in [3.8, 4) is 0 Å². The zero-order chi connectivity index (χ0) is 18.4. The van der Waals surface area contributed by atoms with Crippen LogP contribution in [-0.4, -0.2) is 19.0 Å². The van der Waals surface area contributed by atoms with Gasteiger partial charge in [-0.15, -0.1) is 0 Å². The number of anilines is 1. The molecule has 0 aliphatic carbocycles. The fourth-order valence-corrected chi connectivity index (χ4v) is 2.55. The number of carbonyl (C=O) groups excluding carboxylic acids is 1. The van der Waals surface area contributed by atoms with E-state index in [9.17, 15) is 18.0 Å². The summed E-state index contributed by atoms with van der Waals surface area (Å²) in [6.45, 7) is 4.40. The molecule has 3 nitrogen and oxygen atoms in total. The standard InChI is InChI=1S/C19H21F3N2O/c1-3-24(17-10-5-4-6-11-17)13-18(25)23-14(2)15-8-7-9-16(12-15)19(20,21)22/h4-12,14H,3,13H2,1-2H3,(H,23,25). The maximum absolute atomic E-state index is 12.8. The first kappa shape index (κ1) is 18.8. The van der Waals surface area contributed by atoms with Gasteiger partial charge in [0.1, 0.15) is 0 Å². The molecule has 6 heteroatoms. The predicted octanol–water partition coefficient (Wildman–Crippen LogP) is 4.41. The summed E-state index contributed by atoms with van der Waals surface area (Å²) in [6, 6.07) is 14.0. The van der Waals surface area contributed by atoms with Gasteiger partial charge in [-0.2, -0.15) is 13.2 Å². The molecule has 0 saturated heterocycles. The summed E-state index contributed by atoms with van der Waals surface area (Å²) in [5.41, 5.74) is 0.628. The molecule has 2 aromatic rings. The smallest absolute Gasteiger partial charge is 0.363 e. The highest BCUT2D eigenvalue weighted by atomic mass is 19.4. The number of para-hydroxylation sites is 1. The Bertz CT molecular complexity index is 701. The Hall–Kier alpha value is -2.50. The van der Waals surface area contributed by atoms with Gasteiger partial charge in [0.15, 0.2) is 0 Å². The highest BCUT2D eigenvalue weighted by Gasteiger charge is 2.30. The van der Waals surface area contributed by atoms with E-state index in [0.29, 0.717) is 12.1 Å². The number of nitrogens with one attached hydrogen (secondary N) is 1. The molecule has 0 aliphatic rings. The highest BCUT2D eigenvalue weighted by Crippen LogP contribution is 2.30. The maximum atomic E-state index is 12.8. The van der Waals surface area contributed by atoms with E-state index in [2.05, 4.69) is 5.32 Å². The third-order valence-electron chi connectivity index (χ3n) is 3.93. The number of alkyl halides is 3. The molecule has 2 rings (SSSR count). The van der Waals surface area contributed by atoms with Crippen molar-refractivity contribution in [2.75, 3.05) is 18.0 Å². The van der Waals surface area contributed by atoms with Crippen LogP contribution in [0.3, 0.4) is 0 Å². The van der Waals surface area contributed by atoms with Crippen molar-refractivity contribution in [2.24, 2.45) is 0 Å². The average molecular weight is 350 g/mol. The molecule has 0 radical (unpaired) electrons. The Morgan fingerprint density at radius 3 is 2.40 bits per heavy atom. The van der Waals surface area contributed by atoms with Crippen molar-refractivity contribution >= 4 is 11.6 Å². The van der Waals surface area contributed by atoms with Crippen LogP contribution in [0.15, 0.2) is 54.6 Å². The van der Waals surface area contributed by atoms with Gasteiger partial charge < -0.3 is 10.2 Å². The minimum Gasteiger partial charge on any atom is -0.363 e. The van der Waals surface area contributed by atoms with Gasteiger partial charge in [0, 0.05) is 12.2 Å². The van der Waals surface area contributed by atoms with Crippen molar-refractivity contribution < 1.29 is 18.0 Å². The lowest BCUT2D eigenvalue weighted by atomic mass is 10.0. The Kier molecular flexibility index (Phi) is 6.07. The molecular weight excluding hydrogens is 329 g/mol. The molecule has 0 heterocycles. The van der Waals surface area contributed by atoms with Gasteiger partial charge in [-0.1, -0.05) is 30.3 Å². The number of carbonyl (C=O) groups is 1.